The Bertz CT molecular complexity index is 382. The van der Waals surface area contributed by atoms with Crippen LogP contribution in [0.4, 0.5) is 0 Å². The van der Waals surface area contributed by atoms with Gasteiger partial charge in [0.1, 0.15) is 5.78 Å². The molecule has 2 unspecified atom stereocenters. The third-order valence-corrected chi connectivity index (χ3v) is 5.12. The van der Waals surface area contributed by atoms with Gasteiger partial charge in [0.05, 0.1) is 11.9 Å². The molecule has 0 aromatic carbocycles. The molecule has 3 rings (SSSR count). The summed E-state index contributed by atoms with van der Waals surface area (Å²) < 4.78 is 5.99. The van der Waals surface area contributed by atoms with Gasteiger partial charge in [0.25, 0.3) is 0 Å². The van der Waals surface area contributed by atoms with Gasteiger partial charge < -0.3 is 4.74 Å². The fourth-order valence-electron chi connectivity index (χ4n) is 3.97. The average molecular weight is 234 g/mol. The highest BCUT2D eigenvalue weighted by molar-refractivity contribution is 5.86. The molecule has 0 saturated heterocycles. The van der Waals surface area contributed by atoms with Crippen LogP contribution in [0, 0.1) is 11.3 Å². The zero-order chi connectivity index (χ0) is 12.0. The van der Waals surface area contributed by atoms with Gasteiger partial charge in [-0.15, -0.1) is 0 Å². The fourth-order valence-corrected chi connectivity index (χ4v) is 3.97. The maximum absolute atomic E-state index is 12.2. The molecule has 1 heterocycles. The first-order chi connectivity index (χ1) is 8.11. The molecule has 0 N–H and O–H groups in total. The molecule has 0 radical (unpaired) electrons. The van der Waals surface area contributed by atoms with Crippen molar-refractivity contribution in [1.29, 1.82) is 0 Å². The van der Waals surface area contributed by atoms with E-state index in [1.807, 2.05) is 0 Å². The molecule has 0 aromatic rings. The first kappa shape index (κ1) is 11.3. The predicted octanol–water partition coefficient (Wildman–Crippen LogP) is 3.61. The monoisotopic (exact) mass is 234 g/mol. The van der Waals surface area contributed by atoms with Crippen molar-refractivity contribution in [2.75, 3.05) is 0 Å². The second-order valence-electron chi connectivity index (χ2n) is 6.20. The lowest BCUT2D eigenvalue weighted by Gasteiger charge is -2.47. The number of carbonyl (C=O) groups is 1. The number of fused-ring (bicyclic) bond motifs is 2. The zero-order valence-corrected chi connectivity index (χ0v) is 10.9. The average Bonchev–Trinajstić information content (AvgIpc) is 2.31. The molecule has 2 nitrogen and oxygen atoms in total. The van der Waals surface area contributed by atoms with Crippen molar-refractivity contribution in [2.24, 2.45) is 11.3 Å². The number of rotatable bonds is 0. The summed E-state index contributed by atoms with van der Waals surface area (Å²) in [5.74, 6) is 2.22. The summed E-state index contributed by atoms with van der Waals surface area (Å²) in [5.41, 5.74) is 1.42. The summed E-state index contributed by atoms with van der Waals surface area (Å²) >= 11 is 0. The minimum atomic E-state index is -0.0684. The second kappa shape index (κ2) is 3.86. The molecule has 1 saturated carbocycles. The number of carbonyl (C=O) groups excluding carboxylic acids is 1. The van der Waals surface area contributed by atoms with E-state index in [2.05, 4.69) is 13.8 Å². The molecule has 0 spiro atoms. The van der Waals surface area contributed by atoms with E-state index >= 15 is 0 Å². The van der Waals surface area contributed by atoms with E-state index in [-0.39, 0.29) is 5.41 Å². The van der Waals surface area contributed by atoms with Crippen molar-refractivity contribution in [3.05, 3.63) is 11.3 Å². The molecule has 3 aliphatic rings. The van der Waals surface area contributed by atoms with Crippen LogP contribution in [-0.2, 0) is 9.53 Å². The van der Waals surface area contributed by atoms with Gasteiger partial charge in [0.15, 0.2) is 0 Å². The Morgan fingerprint density at radius 3 is 2.88 bits per heavy atom. The van der Waals surface area contributed by atoms with Crippen LogP contribution in [0.3, 0.4) is 0 Å². The zero-order valence-electron chi connectivity index (χ0n) is 10.9. The van der Waals surface area contributed by atoms with Gasteiger partial charge in [-0.3, -0.25) is 4.79 Å². The molecule has 0 amide bonds. The molecule has 1 fully saturated rings. The summed E-state index contributed by atoms with van der Waals surface area (Å²) in [6.07, 6.45) is 7.71. The molecule has 0 aromatic heterocycles. The van der Waals surface area contributed by atoms with Crippen LogP contribution < -0.4 is 0 Å². The van der Waals surface area contributed by atoms with Crippen molar-refractivity contribution in [2.45, 2.75) is 64.9 Å². The lowest BCUT2D eigenvalue weighted by Crippen LogP contribution is -2.44. The number of hydrogen-bond donors (Lipinski definition) is 0. The molecule has 3 atom stereocenters. The van der Waals surface area contributed by atoms with Gasteiger partial charge in [-0.25, -0.2) is 0 Å². The Kier molecular flexibility index (Phi) is 2.57. The molecular weight excluding hydrogens is 212 g/mol. The number of hydrogen-bond acceptors (Lipinski definition) is 2. The van der Waals surface area contributed by atoms with Crippen LogP contribution in [-0.4, -0.2) is 11.9 Å². The van der Waals surface area contributed by atoms with Gasteiger partial charge in [0.2, 0.25) is 0 Å². The van der Waals surface area contributed by atoms with Gasteiger partial charge in [-0.1, -0.05) is 6.92 Å². The molecule has 17 heavy (non-hydrogen) atoms. The van der Waals surface area contributed by atoms with Crippen LogP contribution in [0.25, 0.3) is 0 Å². The van der Waals surface area contributed by atoms with Gasteiger partial charge >= 0.3 is 0 Å². The van der Waals surface area contributed by atoms with E-state index in [9.17, 15) is 4.79 Å². The molecule has 0 bridgehead atoms. The van der Waals surface area contributed by atoms with Crippen LogP contribution in [0.15, 0.2) is 11.3 Å². The Hall–Kier alpha value is -0.790. The number of ether oxygens (including phenoxy) is 1. The summed E-state index contributed by atoms with van der Waals surface area (Å²) in [6, 6.07) is 0. The topological polar surface area (TPSA) is 26.3 Å². The van der Waals surface area contributed by atoms with Crippen molar-refractivity contribution in [3.8, 4) is 0 Å². The van der Waals surface area contributed by atoms with Crippen LogP contribution in [0.2, 0.25) is 0 Å². The lowest BCUT2D eigenvalue weighted by atomic mass is 9.58. The summed E-state index contributed by atoms with van der Waals surface area (Å²) in [6.45, 7) is 4.35. The third-order valence-electron chi connectivity index (χ3n) is 5.12. The summed E-state index contributed by atoms with van der Waals surface area (Å²) in [7, 11) is 0. The molecule has 94 valence electrons. The van der Waals surface area contributed by atoms with Gasteiger partial charge in [-0.05, 0) is 50.5 Å². The largest absolute Gasteiger partial charge is 0.495 e. The maximum Gasteiger partial charge on any atom is 0.139 e. The lowest BCUT2D eigenvalue weighted by molar-refractivity contribution is -0.134. The smallest absolute Gasteiger partial charge is 0.139 e. The van der Waals surface area contributed by atoms with Crippen molar-refractivity contribution in [1.82, 2.24) is 0 Å². The van der Waals surface area contributed by atoms with E-state index in [0.717, 1.165) is 38.5 Å². The normalized spacial score (nSPS) is 41.6. The predicted molar refractivity (Wildman–Crippen MR) is 66.5 cm³/mol. The minimum absolute atomic E-state index is 0.0684. The SMILES string of the molecule is CC1CCC2=C(CC[C@]3(C)C(=O)CCCC23)O1. The van der Waals surface area contributed by atoms with E-state index < -0.39 is 0 Å². The van der Waals surface area contributed by atoms with E-state index in [4.69, 9.17) is 4.74 Å². The highest BCUT2D eigenvalue weighted by atomic mass is 16.5. The minimum Gasteiger partial charge on any atom is -0.495 e. The van der Waals surface area contributed by atoms with Crippen molar-refractivity contribution in [3.63, 3.8) is 0 Å². The standard InChI is InChI=1S/C15H22O2/c1-10-6-7-11-12-4-3-5-14(16)15(12,2)9-8-13(11)17-10/h10,12H,3-9H2,1-2H3/t10?,12?,15-/m0/s1. The highest BCUT2D eigenvalue weighted by Gasteiger charge is 2.48. The first-order valence-electron chi connectivity index (χ1n) is 7.03. The Morgan fingerprint density at radius 1 is 1.24 bits per heavy atom. The Morgan fingerprint density at radius 2 is 2.06 bits per heavy atom. The van der Waals surface area contributed by atoms with Crippen LogP contribution >= 0.6 is 0 Å². The second-order valence-corrected chi connectivity index (χ2v) is 6.20. The molecule has 2 heteroatoms. The third kappa shape index (κ3) is 1.64. The van der Waals surface area contributed by atoms with Crippen LogP contribution in [0.1, 0.15) is 58.8 Å². The number of Topliss-reactive ketones (excluding diaryl/α,β-unsaturated/α-hetero) is 1. The van der Waals surface area contributed by atoms with E-state index in [1.54, 1.807) is 0 Å². The Balaban J connectivity index is 1.96. The van der Waals surface area contributed by atoms with Gasteiger partial charge in [0, 0.05) is 18.3 Å². The fraction of sp³-hybridized carbons (Fsp3) is 0.800. The number of ketones is 1. The Labute approximate surface area is 103 Å². The van der Waals surface area contributed by atoms with Crippen molar-refractivity contribution < 1.29 is 9.53 Å². The van der Waals surface area contributed by atoms with Crippen LogP contribution in [0.5, 0.6) is 0 Å². The number of allylic oxidation sites excluding steroid dienone is 2. The molecule has 1 aliphatic heterocycles. The quantitative estimate of drug-likeness (QED) is 0.640. The highest BCUT2D eigenvalue weighted by Crippen LogP contribution is 2.53. The van der Waals surface area contributed by atoms with E-state index in [1.165, 1.54) is 17.8 Å². The van der Waals surface area contributed by atoms with Crippen molar-refractivity contribution >= 4 is 5.78 Å². The molecule has 2 aliphatic carbocycles. The van der Waals surface area contributed by atoms with E-state index in [0.29, 0.717) is 17.8 Å². The van der Waals surface area contributed by atoms with Gasteiger partial charge in [-0.2, -0.15) is 0 Å². The first-order valence-corrected chi connectivity index (χ1v) is 7.03. The molecular formula is C15H22O2. The summed E-state index contributed by atoms with van der Waals surface area (Å²) in [5, 5.41) is 0. The summed E-state index contributed by atoms with van der Waals surface area (Å²) in [4.78, 5) is 12.2. The maximum atomic E-state index is 12.2.